The molecule has 0 spiro atoms. The molecule has 2 aliphatic carbocycles. The lowest BCUT2D eigenvalue weighted by Gasteiger charge is -2.24. The molecule has 0 amide bonds. The van der Waals surface area contributed by atoms with Gasteiger partial charge >= 0.3 is 24.2 Å². The normalized spacial score (nSPS) is 14.0. The number of ketones is 2. The highest BCUT2D eigenvalue weighted by Crippen LogP contribution is 2.29. The van der Waals surface area contributed by atoms with Crippen LogP contribution in [0.3, 0.4) is 0 Å². The summed E-state index contributed by atoms with van der Waals surface area (Å²) >= 11 is 0. The van der Waals surface area contributed by atoms with Crippen molar-refractivity contribution in [2.24, 2.45) is 0 Å². The number of hydrogen-bond acceptors (Lipinski definition) is 12. The van der Waals surface area contributed by atoms with E-state index in [1.54, 1.807) is 0 Å². The molecule has 2 aromatic carbocycles. The van der Waals surface area contributed by atoms with Crippen molar-refractivity contribution in [3.05, 3.63) is 58.7 Å². The van der Waals surface area contributed by atoms with E-state index in [1.165, 1.54) is 36.4 Å². The number of ether oxygens (including phenoxy) is 4. The molecule has 2 aliphatic rings. The monoisotopic (exact) mass is 722 g/mol. The lowest BCUT2D eigenvalue weighted by Crippen LogP contribution is -2.27. The minimum absolute atomic E-state index is 0.176. The van der Waals surface area contributed by atoms with E-state index in [9.17, 15) is 28.8 Å². The van der Waals surface area contributed by atoms with Crippen LogP contribution in [0.5, 0.6) is 11.5 Å². The van der Waals surface area contributed by atoms with Gasteiger partial charge in [0.05, 0.1) is 0 Å². The molecule has 282 valence electrons. The number of hydrogen-bond donors (Lipinski definition) is 0. The number of rotatable bonds is 20. The quantitative estimate of drug-likeness (QED) is 0.0318. The summed E-state index contributed by atoms with van der Waals surface area (Å²) in [6, 6.07) is 7.84. The van der Waals surface area contributed by atoms with Crippen molar-refractivity contribution in [2.75, 3.05) is 0 Å². The highest BCUT2D eigenvalue weighted by Gasteiger charge is 2.28. The van der Waals surface area contributed by atoms with E-state index in [2.05, 4.69) is 13.8 Å². The Morgan fingerprint density at radius 3 is 1.27 bits per heavy atom. The van der Waals surface area contributed by atoms with Crippen molar-refractivity contribution >= 4 is 35.8 Å². The van der Waals surface area contributed by atoms with Gasteiger partial charge in [-0.05, 0) is 87.8 Å². The van der Waals surface area contributed by atoms with Gasteiger partial charge in [0.1, 0.15) is 34.8 Å². The Hall–Kier alpha value is -4.74. The molecule has 4 rings (SSSR count). The molecule has 0 aromatic heterocycles. The number of carbonyl (C=O) groups is 6. The van der Waals surface area contributed by atoms with Crippen LogP contribution in [0.4, 0.5) is 9.59 Å². The van der Waals surface area contributed by atoms with Gasteiger partial charge in [-0.3, -0.25) is 9.59 Å². The third-order valence-electron chi connectivity index (χ3n) is 9.27. The molecule has 52 heavy (non-hydrogen) atoms. The minimum Gasteiger partial charge on any atom is -0.431 e. The Kier molecular flexibility index (Phi) is 16.1. The number of benzene rings is 2. The Morgan fingerprint density at radius 2 is 0.923 bits per heavy atom. The first-order chi connectivity index (χ1) is 25.2. The molecule has 0 atom stereocenters. The van der Waals surface area contributed by atoms with Gasteiger partial charge in [-0.25, -0.2) is 29.0 Å². The summed E-state index contributed by atoms with van der Waals surface area (Å²) in [5.74, 6) is -3.48. The van der Waals surface area contributed by atoms with E-state index in [1.807, 2.05) is 0 Å². The van der Waals surface area contributed by atoms with E-state index in [-0.39, 0.29) is 70.4 Å². The van der Waals surface area contributed by atoms with Crippen LogP contribution in [-0.4, -0.2) is 48.0 Å². The highest BCUT2D eigenvalue weighted by molar-refractivity contribution is 6.02. The average Bonchev–Trinajstić information content (AvgIpc) is 3.10. The van der Waals surface area contributed by atoms with E-state index >= 15 is 0 Å². The summed E-state index contributed by atoms with van der Waals surface area (Å²) in [6.45, 7) is 4.20. The van der Waals surface area contributed by atoms with Crippen molar-refractivity contribution in [1.82, 2.24) is 0 Å². The first-order valence-corrected chi connectivity index (χ1v) is 18.7. The Morgan fingerprint density at radius 1 is 0.538 bits per heavy atom. The number of carbonyl (C=O) groups excluding carboxylic acids is 6. The first-order valence-electron chi connectivity index (χ1n) is 18.7. The zero-order valence-electron chi connectivity index (χ0n) is 30.2. The maximum atomic E-state index is 13.4. The highest BCUT2D eigenvalue weighted by atomic mass is 17.2. The fraction of sp³-hybridized carbons (Fsp3) is 0.550. The van der Waals surface area contributed by atoms with Gasteiger partial charge in [-0.1, -0.05) is 65.2 Å². The standard InChI is InChI=1S/C40H50O12/c1-3-5-7-9-11-19-33(41)27-21-23-35(49-39(45)47-29-15-13-16-29)31(25-27)37(43)51-52-38(44)32-26-28(34(42)20-12-10-8-6-4-2)22-24-36(32)50-40(46)48-30-17-14-18-30/h21-26,29-30H,3-20H2,1-2H3. The number of Topliss-reactive ketones (excluding diaryl/α,β-unsaturated/α-hetero) is 2. The molecular formula is C40H50O12. The molecular weight excluding hydrogens is 672 g/mol. The molecule has 2 saturated carbocycles. The van der Waals surface area contributed by atoms with Gasteiger partial charge in [-0.2, -0.15) is 0 Å². The zero-order chi connectivity index (χ0) is 37.3. The van der Waals surface area contributed by atoms with Crippen molar-refractivity contribution in [1.29, 1.82) is 0 Å². The average molecular weight is 723 g/mol. The second-order valence-electron chi connectivity index (χ2n) is 13.4. The Balaban J connectivity index is 1.50. The van der Waals surface area contributed by atoms with E-state index in [0.717, 1.165) is 64.2 Å². The van der Waals surface area contributed by atoms with Crippen molar-refractivity contribution in [3.63, 3.8) is 0 Å². The van der Waals surface area contributed by atoms with Crippen molar-refractivity contribution in [3.8, 4) is 11.5 Å². The van der Waals surface area contributed by atoms with Gasteiger partial charge in [-0.15, -0.1) is 0 Å². The predicted octanol–water partition coefficient (Wildman–Crippen LogP) is 9.84. The van der Waals surface area contributed by atoms with Gasteiger partial charge in [0.2, 0.25) is 0 Å². The number of unbranched alkanes of at least 4 members (excludes halogenated alkanes) is 8. The lowest BCUT2D eigenvalue weighted by atomic mass is 9.96. The van der Waals surface area contributed by atoms with Crippen LogP contribution in [0.2, 0.25) is 0 Å². The van der Waals surface area contributed by atoms with Crippen molar-refractivity contribution in [2.45, 2.75) is 142 Å². The van der Waals surface area contributed by atoms with Crippen LogP contribution < -0.4 is 9.47 Å². The van der Waals surface area contributed by atoms with Crippen LogP contribution in [0.25, 0.3) is 0 Å². The summed E-state index contributed by atoms with van der Waals surface area (Å²) in [4.78, 5) is 87.5. The molecule has 12 heteroatoms. The predicted molar refractivity (Wildman–Crippen MR) is 189 cm³/mol. The molecule has 0 aliphatic heterocycles. The Bertz CT molecular complexity index is 1440. The maximum Gasteiger partial charge on any atom is 0.514 e. The molecule has 0 heterocycles. The van der Waals surface area contributed by atoms with Gasteiger partial charge in [0.25, 0.3) is 0 Å². The molecule has 0 radical (unpaired) electrons. The molecule has 0 bridgehead atoms. The molecule has 2 fully saturated rings. The second kappa shape index (κ2) is 20.9. The smallest absolute Gasteiger partial charge is 0.431 e. The van der Waals surface area contributed by atoms with Crippen LogP contribution >= 0.6 is 0 Å². The summed E-state index contributed by atoms with van der Waals surface area (Å²) in [5.41, 5.74) is -0.365. The third kappa shape index (κ3) is 12.5. The van der Waals surface area contributed by atoms with E-state index < -0.39 is 24.2 Å². The van der Waals surface area contributed by atoms with Gasteiger partial charge in [0, 0.05) is 24.0 Å². The fourth-order valence-electron chi connectivity index (χ4n) is 5.61. The third-order valence-corrected chi connectivity index (χ3v) is 9.27. The van der Waals surface area contributed by atoms with Crippen LogP contribution in [-0.2, 0) is 19.2 Å². The summed E-state index contributed by atoms with van der Waals surface area (Å²) < 4.78 is 21.1. The first kappa shape index (κ1) is 40.0. The largest absolute Gasteiger partial charge is 0.514 e. The van der Waals surface area contributed by atoms with Crippen molar-refractivity contribution < 1.29 is 57.5 Å². The van der Waals surface area contributed by atoms with Gasteiger partial charge < -0.3 is 18.9 Å². The summed E-state index contributed by atoms with van der Waals surface area (Å²) in [6.07, 6.45) is 11.9. The minimum atomic E-state index is -1.25. The lowest BCUT2D eigenvalue weighted by molar-refractivity contribution is -0.187. The zero-order valence-corrected chi connectivity index (χ0v) is 30.2. The molecule has 0 N–H and O–H groups in total. The fourth-order valence-corrected chi connectivity index (χ4v) is 5.61. The molecule has 12 nitrogen and oxygen atoms in total. The summed E-state index contributed by atoms with van der Waals surface area (Å²) in [7, 11) is 0. The Labute approximate surface area is 304 Å². The van der Waals surface area contributed by atoms with E-state index in [4.69, 9.17) is 28.7 Å². The molecule has 0 unspecified atom stereocenters. The summed E-state index contributed by atoms with van der Waals surface area (Å²) in [5, 5.41) is 0. The second-order valence-corrected chi connectivity index (χ2v) is 13.4. The SMILES string of the molecule is CCCCCCCC(=O)c1ccc(OC(=O)OC2CCC2)c(C(=O)OOC(=O)c2cc(C(=O)CCCCCCC)ccc2OC(=O)OC2CCC2)c1. The maximum absolute atomic E-state index is 13.4. The van der Waals surface area contributed by atoms with Gasteiger partial charge in [0.15, 0.2) is 11.6 Å². The van der Waals surface area contributed by atoms with E-state index in [0.29, 0.717) is 38.5 Å². The van der Waals surface area contributed by atoms with Crippen LogP contribution in [0, 0.1) is 0 Å². The molecule has 0 saturated heterocycles. The molecule has 2 aromatic rings. The van der Waals surface area contributed by atoms with Crippen LogP contribution in [0.1, 0.15) is 171 Å². The van der Waals surface area contributed by atoms with Crippen LogP contribution in [0.15, 0.2) is 36.4 Å². The topological polar surface area (TPSA) is 158 Å².